The molecule has 4 rings (SSSR count). The Labute approximate surface area is 164 Å². The Morgan fingerprint density at radius 1 is 1.25 bits per heavy atom. The first-order valence-electron chi connectivity index (χ1n) is 9.41. The molecule has 1 aromatic carbocycles. The molecule has 0 radical (unpaired) electrons. The quantitative estimate of drug-likeness (QED) is 0.809. The van der Waals surface area contributed by atoms with Crippen LogP contribution in [-0.2, 0) is 4.79 Å². The van der Waals surface area contributed by atoms with Crippen molar-refractivity contribution in [3.63, 3.8) is 0 Å². The van der Waals surface area contributed by atoms with E-state index in [9.17, 15) is 14.9 Å². The number of amides is 1. The molecule has 142 valence electrons. The van der Waals surface area contributed by atoms with Gasteiger partial charge in [0.25, 0.3) is 5.91 Å². The molecule has 1 aromatic heterocycles. The van der Waals surface area contributed by atoms with Crippen LogP contribution in [0.2, 0.25) is 0 Å². The van der Waals surface area contributed by atoms with Crippen molar-refractivity contribution in [1.82, 2.24) is 14.7 Å². The molecular weight excluding hydrogens is 352 g/mol. The lowest BCUT2D eigenvalue weighted by atomic mass is 9.64. The van der Waals surface area contributed by atoms with E-state index < -0.39 is 5.41 Å². The first-order valence-corrected chi connectivity index (χ1v) is 9.41. The van der Waals surface area contributed by atoms with Gasteiger partial charge < -0.3 is 4.90 Å². The van der Waals surface area contributed by atoms with Crippen molar-refractivity contribution in [3.8, 4) is 11.8 Å². The van der Waals surface area contributed by atoms with Crippen LogP contribution in [0, 0.1) is 22.2 Å². The van der Waals surface area contributed by atoms with Crippen molar-refractivity contribution < 1.29 is 9.59 Å². The molecule has 0 bridgehead atoms. The number of nitrogens with zero attached hydrogens (tertiary/aromatic N) is 4. The van der Waals surface area contributed by atoms with Gasteiger partial charge in [0.2, 0.25) is 0 Å². The number of hydrogen-bond donors (Lipinski definition) is 0. The number of nitriles is 1. The van der Waals surface area contributed by atoms with Gasteiger partial charge in [-0.3, -0.25) is 9.59 Å². The van der Waals surface area contributed by atoms with Crippen LogP contribution in [0.5, 0.6) is 0 Å². The van der Waals surface area contributed by atoms with Crippen LogP contribution in [0.4, 0.5) is 0 Å². The number of hydrogen-bond acceptors (Lipinski definition) is 4. The Morgan fingerprint density at radius 3 is 2.64 bits per heavy atom. The summed E-state index contributed by atoms with van der Waals surface area (Å²) in [5.74, 6) is -0.120. The number of allylic oxidation sites excluding steroid dienone is 1. The molecule has 6 heteroatoms. The normalized spacial score (nSPS) is 23.5. The summed E-state index contributed by atoms with van der Waals surface area (Å²) in [6.45, 7) is 4.94. The van der Waals surface area contributed by atoms with Gasteiger partial charge in [0.05, 0.1) is 11.3 Å². The molecule has 1 saturated heterocycles. The third-order valence-corrected chi connectivity index (χ3v) is 5.78. The second-order valence-corrected chi connectivity index (χ2v) is 8.40. The van der Waals surface area contributed by atoms with E-state index in [-0.39, 0.29) is 22.7 Å². The highest BCUT2D eigenvalue weighted by molar-refractivity contribution is 6.04. The second-order valence-electron chi connectivity index (χ2n) is 8.40. The summed E-state index contributed by atoms with van der Waals surface area (Å²) < 4.78 is 1.74. The number of carbonyl (C=O) groups is 2. The van der Waals surface area contributed by atoms with Gasteiger partial charge in [-0.1, -0.05) is 19.9 Å². The number of rotatable bonds is 2. The smallest absolute Gasteiger partial charge is 0.253 e. The monoisotopic (exact) mass is 374 g/mol. The fraction of sp³-hybridized carbons (Fsp3) is 0.364. The van der Waals surface area contributed by atoms with Crippen molar-refractivity contribution in [2.24, 2.45) is 10.8 Å². The van der Waals surface area contributed by atoms with Gasteiger partial charge in [0, 0.05) is 41.9 Å². The third-order valence-electron chi connectivity index (χ3n) is 5.78. The van der Waals surface area contributed by atoms with E-state index in [0.29, 0.717) is 25.1 Å². The third kappa shape index (κ3) is 3.03. The molecule has 6 nitrogen and oxygen atoms in total. The van der Waals surface area contributed by atoms with Crippen LogP contribution in [0.1, 0.15) is 37.0 Å². The van der Waals surface area contributed by atoms with Crippen molar-refractivity contribution in [2.45, 2.75) is 26.7 Å². The van der Waals surface area contributed by atoms with E-state index in [1.54, 1.807) is 10.9 Å². The molecular formula is C22H22N4O2. The summed E-state index contributed by atoms with van der Waals surface area (Å²) in [4.78, 5) is 27.2. The van der Waals surface area contributed by atoms with Gasteiger partial charge in [-0.2, -0.15) is 10.4 Å². The van der Waals surface area contributed by atoms with Crippen LogP contribution < -0.4 is 0 Å². The van der Waals surface area contributed by atoms with Gasteiger partial charge in [0.15, 0.2) is 5.78 Å². The summed E-state index contributed by atoms with van der Waals surface area (Å²) in [5, 5.41) is 13.6. The zero-order chi connectivity index (χ0) is 19.9. The minimum absolute atomic E-state index is 0.0227. The van der Waals surface area contributed by atoms with Crippen LogP contribution in [0.3, 0.4) is 0 Å². The Kier molecular flexibility index (Phi) is 4.19. The maximum Gasteiger partial charge on any atom is 0.253 e. The molecule has 28 heavy (non-hydrogen) atoms. The molecule has 1 aliphatic heterocycles. The molecule has 0 N–H and O–H groups in total. The maximum absolute atomic E-state index is 13.0. The standard InChI is InChI=1S/C22H22N4O2/c1-21(2)14-22(12-17(13-23)19(21)27)8-11-25(15-22)20(28)16-4-6-18(7-5-16)26-10-3-9-24-26/h3-7,9-10,12H,8,11,14-15H2,1-2H3/t22-/m1/s1. The Balaban J connectivity index is 1.54. The zero-order valence-electron chi connectivity index (χ0n) is 16.1. The fourth-order valence-electron chi connectivity index (χ4n) is 4.52. The lowest BCUT2D eigenvalue weighted by molar-refractivity contribution is -0.125. The number of aromatic nitrogens is 2. The Bertz CT molecular complexity index is 996. The van der Waals surface area contributed by atoms with E-state index in [1.165, 1.54) is 0 Å². The number of benzene rings is 1. The topological polar surface area (TPSA) is 79.0 Å². The molecule has 1 atom stereocenters. The molecule has 0 unspecified atom stereocenters. The minimum atomic E-state index is -0.579. The molecule has 2 heterocycles. The molecule has 1 aliphatic carbocycles. The lowest BCUT2D eigenvalue weighted by Gasteiger charge is -2.38. The predicted molar refractivity (Wildman–Crippen MR) is 104 cm³/mol. The maximum atomic E-state index is 13.0. The van der Waals surface area contributed by atoms with E-state index in [1.807, 2.05) is 61.4 Å². The lowest BCUT2D eigenvalue weighted by Crippen LogP contribution is -2.40. The molecule has 1 fully saturated rings. The van der Waals surface area contributed by atoms with Crippen molar-refractivity contribution in [2.75, 3.05) is 13.1 Å². The van der Waals surface area contributed by atoms with Crippen LogP contribution in [0.15, 0.2) is 54.4 Å². The summed E-state index contributed by atoms with van der Waals surface area (Å²) >= 11 is 0. The zero-order valence-corrected chi connectivity index (χ0v) is 16.1. The SMILES string of the molecule is CC1(C)C[C@]2(C=C(C#N)C1=O)CCN(C(=O)c1ccc(-n3cccn3)cc1)C2. The molecule has 1 amide bonds. The van der Waals surface area contributed by atoms with Crippen molar-refractivity contribution >= 4 is 11.7 Å². The predicted octanol–water partition coefficient (Wildman–Crippen LogP) is 3.15. The van der Waals surface area contributed by atoms with E-state index in [4.69, 9.17) is 0 Å². The average Bonchev–Trinajstić information content (AvgIpc) is 3.35. The number of carbonyl (C=O) groups excluding carboxylic acids is 2. The fourth-order valence-corrected chi connectivity index (χ4v) is 4.52. The second kappa shape index (κ2) is 6.45. The number of likely N-dealkylation sites (tertiary alicyclic amines) is 1. The molecule has 1 spiro atoms. The summed E-state index contributed by atoms with van der Waals surface area (Å²) in [7, 11) is 0. The van der Waals surface area contributed by atoms with Crippen LogP contribution in [-0.4, -0.2) is 39.5 Å². The largest absolute Gasteiger partial charge is 0.338 e. The van der Waals surface area contributed by atoms with Crippen LogP contribution in [0.25, 0.3) is 5.69 Å². The minimum Gasteiger partial charge on any atom is -0.338 e. The van der Waals surface area contributed by atoms with Crippen LogP contribution >= 0.6 is 0 Å². The van der Waals surface area contributed by atoms with Gasteiger partial charge in [-0.15, -0.1) is 0 Å². The van der Waals surface area contributed by atoms with E-state index in [0.717, 1.165) is 12.1 Å². The van der Waals surface area contributed by atoms with Gasteiger partial charge in [-0.05, 0) is 43.2 Å². The van der Waals surface area contributed by atoms with Crippen molar-refractivity contribution in [3.05, 3.63) is 59.9 Å². The number of Topliss-reactive ketones (excluding diaryl/α,β-unsaturated/α-hetero) is 1. The molecule has 2 aliphatic rings. The first kappa shape index (κ1) is 18.2. The highest BCUT2D eigenvalue weighted by Gasteiger charge is 2.48. The van der Waals surface area contributed by atoms with Gasteiger partial charge in [0.1, 0.15) is 6.07 Å². The summed E-state index contributed by atoms with van der Waals surface area (Å²) in [6.07, 6.45) is 6.81. The highest BCUT2D eigenvalue weighted by atomic mass is 16.2. The summed E-state index contributed by atoms with van der Waals surface area (Å²) in [5.41, 5.74) is 0.878. The van der Waals surface area contributed by atoms with Gasteiger partial charge in [-0.25, -0.2) is 4.68 Å². The summed E-state index contributed by atoms with van der Waals surface area (Å²) in [6, 6.07) is 11.3. The highest BCUT2D eigenvalue weighted by Crippen LogP contribution is 2.48. The first-order chi connectivity index (χ1) is 13.3. The number of ketones is 1. The van der Waals surface area contributed by atoms with E-state index >= 15 is 0 Å². The van der Waals surface area contributed by atoms with Crippen molar-refractivity contribution in [1.29, 1.82) is 5.26 Å². The molecule has 0 saturated carbocycles. The van der Waals surface area contributed by atoms with Gasteiger partial charge >= 0.3 is 0 Å². The Hall–Kier alpha value is -3.20. The Morgan fingerprint density at radius 2 is 2.00 bits per heavy atom. The molecule has 2 aromatic rings. The van der Waals surface area contributed by atoms with E-state index in [2.05, 4.69) is 11.2 Å². The average molecular weight is 374 g/mol.